The molecule has 1 aliphatic heterocycles. The molecular weight excluding hydrogens is 172 g/mol. The van der Waals surface area contributed by atoms with Crippen LogP contribution in [-0.2, 0) is 0 Å². The summed E-state index contributed by atoms with van der Waals surface area (Å²) in [7, 11) is 2.02. The number of hydrogen-bond donors (Lipinski definition) is 1. The van der Waals surface area contributed by atoms with Crippen LogP contribution < -0.4 is 5.43 Å². The van der Waals surface area contributed by atoms with Gasteiger partial charge in [-0.05, 0) is 24.6 Å². The Morgan fingerprint density at radius 2 is 1.79 bits per heavy atom. The standard InChI is InChI=1S/C12H14N2/c1-10-8-9-12(13-14(10)2)11-6-4-3-5-7-11/h3-9,13H,1-2H3. The molecule has 0 unspecified atom stereocenters. The lowest BCUT2D eigenvalue weighted by atomic mass is 10.1. The fraction of sp³-hybridized carbons (Fsp3) is 0.167. The van der Waals surface area contributed by atoms with Crippen molar-refractivity contribution >= 4 is 5.70 Å². The van der Waals surface area contributed by atoms with Crippen molar-refractivity contribution < 1.29 is 0 Å². The van der Waals surface area contributed by atoms with Crippen LogP contribution in [0.1, 0.15) is 12.5 Å². The molecule has 0 amide bonds. The average molecular weight is 186 g/mol. The molecule has 1 aromatic rings. The molecule has 1 heterocycles. The quantitative estimate of drug-likeness (QED) is 0.724. The highest BCUT2D eigenvalue weighted by Crippen LogP contribution is 2.16. The zero-order chi connectivity index (χ0) is 9.97. The van der Waals surface area contributed by atoms with E-state index in [-0.39, 0.29) is 0 Å². The highest BCUT2D eigenvalue weighted by molar-refractivity contribution is 5.66. The van der Waals surface area contributed by atoms with Gasteiger partial charge in [-0.3, -0.25) is 10.4 Å². The molecular formula is C12H14N2. The summed E-state index contributed by atoms with van der Waals surface area (Å²) in [6.45, 7) is 2.07. The molecule has 2 rings (SSSR count). The van der Waals surface area contributed by atoms with Gasteiger partial charge in [0.05, 0.1) is 5.70 Å². The normalized spacial score (nSPS) is 15.7. The first-order chi connectivity index (χ1) is 6.77. The van der Waals surface area contributed by atoms with Crippen molar-refractivity contribution in [2.24, 2.45) is 0 Å². The third-order valence-electron chi connectivity index (χ3n) is 2.39. The molecule has 0 bridgehead atoms. The molecule has 0 saturated heterocycles. The zero-order valence-corrected chi connectivity index (χ0v) is 8.49. The van der Waals surface area contributed by atoms with E-state index >= 15 is 0 Å². The number of allylic oxidation sites excluding steroid dienone is 3. The highest BCUT2D eigenvalue weighted by Gasteiger charge is 2.07. The van der Waals surface area contributed by atoms with Crippen molar-refractivity contribution in [3.05, 3.63) is 53.7 Å². The first-order valence-corrected chi connectivity index (χ1v) is 4.72. The van der Waals surface area contributed by atoms with Crippen molar-refractivity contribution in [1.29, 1.82) is 0 Å². The monoisotopic (exact) mass is 186 g/mol. The fourth-order valence-corrected chi connectivity index (χ4v) is 1.40. The Labute approximate surface area is 84.5 Å². The molecule has 0 fully saturated rings. The molecule has 0 atom stereocenters. The Morgan fingerprint density at radius 1 is 1.07 bits per heavy atom. The topological polar surface area (TPSA) is 15.3 Å². The van der Waals surface area contributed by atoms with Crippen LogP contribution in [0.4, 0.5) is 0 Å². The molecule has 0 saturated carbocycles. The second-order valence-corrected chi connectivity index (χ2v) is 3.43. The lowest BCUT2D eigenvalue weighted by molar-refractivity contribution is 0.358. The summed E-state index contributed by atoms with van der Waals surface area (Å²) in [5.41, 5.74) is 6.87. The largest absolute Gasteiger partial charge is 0.298 e. The van der Waals surface area contributed by atoms with Crippen LogP contribution in [0.3, 0.4) is 0 Å². The van der Waals surface area contributed by atoms with Crippen molar-refractivity contribution in [1.82, 2.24) is 10.4 Å². The maximum atomic E-state index is 3.31. The Hall–Kier alpha value is -1.70. The van der Waals surface area contributed by atoms with E-state index in [0.29, 0.717) is 0 Å². The summed E-state index contributed by atoms with van der Waals surface area (Å²) >= 11 is 0. The number of nitrogens with one attached hydrogen (secondary N) is 1. The van der Waals surface area contributed by atoms with E-state index in [1.807, 2.05) is 30.3 Å². The first kappa shape index (κ1) is 8.88. The third-order valence-corrected chi connectivity index (χ3v) is 2.39. The van der Waals surface area contributed by atoms with Gasteiger partial charge in [-0.2, -0.15) is 0 Å². The van der Waals surface area contributed by atoms with Gasteiger partial charge in [0, 0.05) is 12.7 Å². The van der Waals surface area contributed by atoms with Crippen LogP contribution in [-0.4, -0.2) is 12.1 Å². The molecule has 2 heteroatoms. The summed E-state index contributed by atoms with van der Waals surface area (Å²) in [4.78, 5) is 0. The lowest BCUT2D eigenvalue weighted by Crippen LogP contribution is -2.33. The number of rotatable bonds is 1. The van der Waals surface area contributed by atoms with Crippen LogP contribution in [0.25, 0.3) is 5.70 Å². The van der Waals surface area contributed by atoms with E-state index in [1.54, 1.807) is 0 Å². The third kappa shape index (κ3) is 1.64. The van der Waals surface area contributed by atoms with Gasteiger partial charge in [-0.25, -0.2) is 0 Å². The average Bonchev–Trinajstić information content (AvgIpc) is 2.23. The number of nitrogens with zero attached hydrogens (tertiary/aromatic N) is 1. The van der Waals surface area contributed by atoms with Gasteiger partial charge in [0.25, 0.3) is 0 Å². The van der Waals surface area contributed by atoms with Gasteiger partial charge < -0.3 is 0 Å². The number of hydrazine groups is 1. The molecule has 1 N–H and O–H groups in total. The van der Waals surface area contributed by atoms with E-state index < -0.39 is 0 Å². The first-order valence-electron chi connectivity index (χ1n) is 4.72. The van der Waals surface area contributed by atoms with Crippen molar-refractivity contribution in [3.63, 3.8) is 0 Å². The maximum Gasteiger partial charge on any atom is 0.0614 e. The SMILES string of the molecule is CC1=CC=C(c2ccccc2)NN1C. The molecule has 72 valence electrons. The van der Waals surface area contributed by atoms with E-state index in [4.69, 9.17) is 0 Å². The Kier molecular flexibility index (Phi) is 2.27. The van der Waals surface area contributed by atoms with Crippen LogP contribution in [0, 0.1) is 0 Å². The predicted molar refractivity (Wildman–Crippen MR) is 59.1 cm³/mol. The van der Waals surface area contributed by atoms with Gasteiger partial charge in [0.2, 0.25) is 0 Å². The van der Waals surface area contributed by atoms with E-state index in [2.05, 4.69) is 36.6 Å². The molecule has 0 aromatic heterocycles. The number of hydrogen-bond acceptors (Lipinski definition) is 2. The van der Waals surface area contributed by atoms with Crippen LogP contribution in [0.2, 0.25) is 0 Å². The molecule has 2 nitrogen and oxygen atoms in total. The smallest absolute Gasteiger partial charge is 0.0614 e. The zero-order valence-electron chi connectivity index (χ0n) is 8.49. The van der Waals surface area contributed by atoms with E-state index in [1.165, 1.54) is 11.3 Å². The Bertz CT molecular complexity index is 377. The summed E-state index contributed by atoms with van der Waals surface area (Å²) in [6, 6.07) is 10.3. The van der Waals surface area contributed by atoms with Crippen LogP contribution in [0.15, 0.2) is 48.2 Å². The summed E-state index contributed by atoms with van der Waals surface area (Å²) < 4.78 is 0. The molecule has 0 aliphatic carbocycles. The van der Waals surface area contributed by atoms with Crippen molar-refractivity contribution in [2.45, 2.75) is 6.92 Å². The maximum absolute atomic E-state index is 3.31. The van der Waals surface area contributed by atoms with E-state index in [0.717, 1.165) is 5.70 Å². The second-order valence-electron chi connectivity index (χ2n) is 3.43. The van der Waals surface area contributed by atoms with Gasteiger partial charge in [-0.1, -0.05) is 30.3 Å². The minimum absolute atomic E-state index is 1.14. The summed E-state index contributed by atoms with van der Waals surface area (Å²) in [6.07, 6.45) is 4.21. The predicted octanol–water partition coefficient (Wildman–Crippen LogP) is 2.38. The minimum Gasteiger partial charge on any atom is -0.298 e. The lowest BCUT2D eigenvalue weighted by Gasteiger charge is -2.27. The minimum atomic E-state index is 1.14. The van der Waals surface area contributed by atoms with Gasteiger partial charge >= 0.3 is 0 Å². The summed E-state index contributed by atoms with van der Waals surface area (Å²) in [5.74, 6) is 0. The van der Waals surface area contributed by atoms with Crippen LogP contribution >= 0.6 is 0 Å². The van der Waals surface area contributed by atoms with Crippen molar-refractivity contribution in [3.8, 4) is 0 Å². The molecule has 1 aromatic carbocycles. The van der Waals surface area contributed by atoms with Gasteiger partial charge in [-0.15, -0.1) is 0 Å². The van der Waals surface area contributed by atoms with Gasteiger partial charge in [0.15, 0.2) is 0 Å². The molecule has 14 heavy (non-hydrogen) atoms. The highest BCUT2D eigenvalue weighted by atomic mass is 15.5. The fourth-order valence-electron chi connectivity index (χ4n) is 1.40. The van der Waals surface area contributed by atoms with Crippen LogP contribution in [0.5, 0.6) is 0 Å². The molecule has 0 radical (unpaired) electrons. The summed E-state index contributed by atoms with van der Waals surface area (Å²) in [5, 5.41) is 2.02. The Balaban J connectivity index is 2.30. The van der Waals surface area contributed by atoms with Gasteiger partial charge in [0.1, 0.15) is 0 Å². The molecule has 0 spiro atoms. The Morgan fingerprint density at radius 3 is 2.43 bits per heavy atom. The second kappa shape index (κ2) is 3.58. The van der Waals surface area contributed by atoms with E-state index in [9.17, 15) is 0 Å². The van der Waals surface area contributed by atoms with Crippen molar-refractivity contribution in [2.75, 3.05) is 7.05 Å². The molecule has 1 aliphatic rings. The number of benzene rings is 1.